The molecule has 1 aromatic heterocycles. The van der Waals surface area contributed by atoms with Crippen LogP contribution >= 0.6 is 0 Å². The van der Waals surface area contributed by atoms with E-state index < -0.39 is 5.95 Å². The Morgan fingerprint density at radius 3 is 3.00 bits per heavy atom. The molecule has 1 N–H and O–H groups in total. The van der Waals surface area contributed by atoms with Crippen LogP contribution in [0.5, 0.6) is 0 Å². The fourth-order valence-corrected chi connectivity index (χ4v) is 1.13. The highest BCUT2D eigenvalue weighted by molar-refractivity contribution is 5.93. The molecule has 0 radical (unpaired) electrons. The van der Waals surface area contributed by atoms with Crippen molar-refractivity contribution in [2.24, 2.45) is 0 Å². The maximum atomic E-state index is 12.7. The minimum Gasteiger partial charge on any atom is -0.382 e. The molecule has 0 bridgehead atoms. The lowest BCUT2D eigenvalue weighted by Gasteiger charge is -2.06. The van der Waals surface area contributed by atoms with Crippen molar-refractivity contribution >= 4 is 5.91 Å². The molecule has 17 heavy (non-hydrogen) atoms. The van der Waals surface area contributed by atoms with Crippen LogP contribution in [-0.2, 0) is 9.47 Å². The van der Waals surface area contributed by atoms with Crippen LogP contribution in [0.2, 0.25) is 0 Å². The molecule has 5 nitrogen and oxygen atoms in total. The van der Waals surface area contributed by atoms with Gasteiger partial charge in [0.05, 0.1) is 19.8 Å². The number of nitrogens with zero attached hydrogens (tertiary/aromatic N) is 1. The van der Waals surface area contributed by atoms with E-state index in [0.29, 0.717) is 26.4 Å². The first-order valence-electron chi connectivity index (χ1n) is 5.20. The number of pyridine rings is 1. The first kappa shape index (κ1) is 13.5. The maximum absolute atomic E-state index is 12.7. The van der Waals surface area contributed by atoms with Crippen molar-refractivity contribution in [1.29, 1.82) is 0 Å². The minimum atomic E-state index is -0.672. The fourth-order valence-electron chi connectivity index (χ4n) is 1.13. The van der Waals surface area contributed by atoms with Gasteiger partial charge in [0.1, 0.15) is 0 Å². The van der Waals surface area contributed by atoms with Gasteiger partial charge in [-0.25, -0.2) is 4.98 Å². The lowest BCUT2D eigenvalue weighted by atomic mass is 10.2. The molecule has 0 aliphatic rings. The van der Waals surface area contributed by atoms with Gasteiger partial charge < -0.3 is 14.8 Å². The van der Waals surface area contributed by atoms with Gasteiger partial charge in [0.15, 0.2) is 0 Å². The van der Waals surface area contributed by atoms with Crippen LogP contribution < -0.4 is 5.32 Å². The molecule has 1 rings (SSSR count). The molecule has 0 unspecified atom stereocenters. The smallest absolute Gasteiger partial charge is 0.251 e. The monoisotopic (exact) mass is 242 g/mol. The Morgan fingerprint density at radius 1 is 1.47 bits per heavy atom. The summed E-state index contributed by atoms with van der Waals surface area (Å²) < 4.78 is 22.7. The Bertz CT molecular complexity index is 360. The second-order valence-electron chi connectivity index (χ2n) is 3.23. The van der Waals surface area contributed by atoms with Gasteiger partial charge in [-0.1, -0.05) is 0 Å². The number of amides is 1. The fraction of sp³-hybridized carbons (Fsp3) is 0.455. The highest BCUT2D eigenvalue weighted by atomic mass is 19.1. The van der Waals surface area contributed by atoms with E-state index in [-0.39, 0.29) is 11.5 Å². The number of halogens is 1. The zero-order valence-electron chi connectivity index (χ0n) is 9.61. The van der Waals surface area contributed by atoms with Gasteiger partial charge in [-0.2, -0.15) is 4.39 Å². The lowest BCUT2D eigenvalue weighted by Crippen LogP contribution is -2.27. The van der Waals surface area contributed by atoms with Gasteiger partial charge in [-0.15, -0.1) is 0 Å². The summed E-state index contributed by atoms with van der Waals surface area (Å²) in [7, 11) is 1.59. The normalized spacial score (nSPS) is 10.2. The van der Waals surface area contributed by atoms with Crippen molar-refractivity contribution in [3.05, 3.63) is 29.8 Å². The van der Waals surface area contributed by atoms with E-state index in [4.69, 9.17) is 9.47 Å². The molecule has 0 fully saturated rings. The molecular formula is C11H15FN2O3. The number of ether oxygens (including phenoxy) is 2. The molecule has 0 atom stereocenters. The largest absolute Gasteiger partial charge is 0.382 e. The van der Waals surface area contributed by atoms with Gasteiger partial charge in [0.25, 0.3) is 5.91 Å². The average Bonchev–Trinajstić information content (AvgIpc) is 2.33. The summed E-state index contributed by atoms with van der Waals surface area (Å²) >= 11 is 0. The molecule has 0 spiro atoms. The number of hydrogen-bond acceptors (Lipinski definition) is 4. The summed E-state index contributed by atoms with van der Waals surface area (Å²) in [6, 6.07) is 2.53. The van der Waals surface area contributed by atoms with Crippen molar-refractivity contribution in [1.82, 2.24) is 10.3 Å². The molecule has 1 heterocycles. The number of rotatable bonds is 7. The van der Waals surface area contributed by atoms with E-state index in [9.17, 15) is 9.18 Å². The molecule has 0 aromatic carbocycles. The highest BCUT2D eigenvalue weighted by Crippen LogP contribution is 1.99. The van der Waals surface area contributed by atoms with Gasteiger partial charge >= 0.3 is 0 Å². The number of carbonyl (C=O) groups excluding carboxylic acids is 1. The first-order chi connectivity index (χ1) is 8.24. The lowest BCUT2D eigenvalue weighted by molar-refractivity contribution is 0.0692. The predicted molar refractivity (Wildman–Crippen MR) is 59.2 cm³/mol. The second kappa shape index (κ2) is 7.70. The number of carbonyl (C=O) groups is 1. The quantitative estimate of drug-likeness (QED) is 0.562. The van der Waals surface area contributed by atoms with Crippen LogP contribution in [-0.4, -0.2) is 44.4 Å². The maximum Gasteiger partial charge on any atom is 0.251 e. The average molecular weight is 242 g/mol. The zero-order chi connectivity index (χ0) is 12.5. The van der Waals surface area contributed by atoms with Crippen molar-refractivity contribution in [2.75, 3.05) is 33.5 Å². The van der Waals surface area contributed by atoms with Crippen molar-refractivity contribution < 1.29 is 18.7 Å². The molecule has 0 aliphatic carbocycles. The van der Waals surface area contributed by atoms with Crippen LogP contribution in [0.3, 0.4) is 0 Å². The summed E-state index contributed by atoms with van der Waals surface area (Å²) in [5.41, 5.74) is 0.245. The van der Waals surface area contributed by atoms with Crippen LogP contribution in [0.15, 0.2) is 18.3 Å². The van der Waals surface area contributed by atoms with Crippen molar-refractivity contribution in [3.63, 3.8) is 0 Å². The van der Waals surface area contributed by atoms with Gasteiger partial charge in [0.2, 0.25) is 5.95 Å². The number of methoxy groups -OCH3 is 1. The molecule has 1 aromatic rings. The molecule has 0 saturated carbocycles. The van der Waals surface area contributed by atoms with Crippen molar-refractivity contribution in [2.45, 2.75) is 0 Å². The van der Waals surface area contributed by atoms with Crippen LogP contribution in [0.1, 0.15) is 10.4 Å². The highest BCUT2D eigenvalue weighted by Gasteiger charge is 2.05. The molecular weight excluding hydrogens is 227 g/mol. The molecule has 6 heteroatoms. The van der Waals surface area contributed by atoms with Crippen LogP contribution in [0, 0.1) is 5.95 Å². The Morgan fingerprint density at radius 2 is 2.29 bits per heavy atom. The molecule has 1 amide bonds. The SMILES string of the molecule is COCCOCCNC(=O)c1ccnc(F)c1. The van der Waals surface area contributed by atoms with Crippen LogP contribution in [0.4, 0.5) is 4.39 Å². The Hall–Kier alpha value is -1.53. The van der Waals surface area contributed by atoms with Gasteiger partial charge in [-0.3, -0.25) is 4.79 Å². The molecule has 0 saturated heterocycles. The standard InChI is InChI=1S/C11H15FN2O3/c1-16-6-7-17-5-4-14-11(15)9-2-3-13-10(12)8-9/h2-3,8H,4-7H2,1H3,(H,14,15). The molecule has 0 aliphatic heterocycles. The summed E-state index contributed by atoms with van der Waals surface area (Å²) in [6.45, 7) is 1.76. The van der Waals surface area contributed by atoms with E-state index in [1.165, 1.54) is 12.3 Å². The zero-order valence-corrected chi connectivity index (χ0v) is 9.61. The third-order valence-corrected chi connectivity index (χ3v) is 1.95. The van der Waals surface area contributed by atoms with Gasteiger partial charge in [0, 0.05) is 31.5 Å². The first-order valence-corrected chi connectivity index (χ1v) is 5.20. The van der Waals surface area contributed by atoms with E-state index in [1.54, 1.807) is 7.11 Å². The summed E-state index contributed by atoms with van der Waals surface area (Å²) in [6.07, 6.45) is 1.25. The number of nitrogens with one attached hydrogen (secondary N) is 1. The van der Waals surface area contributed by atoms with Crippen molar-refractivity contribution in [3.8, 4) is 0 Å². The number of aromatic nitrogens is 1. The van der Waals surface area contributed by atoms with E-state index >= 15 is 0 Å². The van der Waals surface area contributed by atoms with E-state index in [1.807, 2.05) is 0 Å². The van der Waals surface area contributed by atoms with E-state index in [0.717, 1.165) is 6.07 Å². The third kappa shape index (κ3) is 5.37. The summed E-state index contributed by atoms with van der Waals surface area (Å²) in [5.74, 6) is -1.02. The van der Waals surface area contributed by atoms with Crippen LogP contribution in [0.25, 0.3) is 0 Å². The number of hydrogen-bond donors (Lipinski definition) is 1. The van der Waals surface area contributed by atoms with E-state index in [2.05, 4.69) is 10.3 Å². The second-order valence-corrected chi connectivity index (χ2v) is 3.23. The molecule has 94 valence electrons. The Balaban J connectivity index is 2.21. The Labute approximate surface area is 98.9 Å². The summed E-state index contributed by atoms with van der Waals surface area (Å²) in [4.78, 5) is 14.9. The Kier molecular flexibility index (Phi) is 6.13. The predicted octanol–water partition coefficient (Wildman–Crippen LogP) is 0.613. The minimum absolute atomic E-state index is 0.245. The topological polar surface area (TPSA) is 60.5 Å². The third-order valence-electron chi connectivity index (χ3n) is 1.95. The summed E-state index contributed by atoms with van der Waals surface area (Å²) in [5, 5.41) is 2.60. The van der Waals surface area contributed by atoms with Gasteiger partial charge in [-0.05, 0) is 6.07 Å².